The monoisotopic (exact) mass is 468 g/mol. The minimum absolute atomic E-state index is 0.00152. The highest BCUT2D eigenvalue weighted by atomic mass is 16.5. The van der Waals surface area contributed by atoms with Gasteiger partial charge in [0.05, 0.1) is 19.3 Å². The number of carbonyl (C=O) groups is 1. The van der Waals surface area contributed by atoms with Crippen LogP contribution in [0, 0.1) is 5.92 Å². The molecule has 1 saturated heterocycles. The van der Waals surface area contributed by atoms with Crippen molar-refractivity contribution in [2.75, 3.05) is 25.5 Å². The molecule has 0 spiro atoms. The number of hydrogen-bond donors (Lipinski definition) is 2. The number of unbranched alkanes of at least 4 members (excludes halogenated alkanes) is 1. The van der Waals surface area contributed by atoms with E-state index in [9.17, 15) is 14.4 Å². The van der Waals surface area contributed by atoms with E-state index in [4.69, 9.17) is 4.74 Å². The van der Waals surface area contributed by atoms with Crippen molar-refractivity contribution in [2.24, 2.45) is 13.0 Å². The van der Waals surface area contributed by atoms with E-state index < -0.39 is 11.2 Å². The molecule has 3 aromatic rings. The summed E-state index contributed by atoms with van der Waals surface area (Å²) >= 11 is 0. The number of rotatable bonds is 8. The molecule has 0 aliphatic carbocycles. The summed E-state index contributed by atoms with van der Waals surface area (Å²) in [5.41, 5.74) is 0.692. The Labute approximate surface area is 197 Å². The molecule has 1 aromatic carbocycles. The van der Waals surface area contributed by atoms with Gasteiger partial charge in [0, 0.05) is 19.5 Å². The van der Waals surface area contributed by atoms with Crippen LogP contribution in [0.5, 0.6) is 5.75 Å². The molecule has 4 rings (SSSR count). The lowest BCUT2D eigenvalue weighted by Crippen LogP contribution is -2.38. The van der Waals surface area contributed by atoms with Gasteiger partial charge in [0.2, 0.25) is 5.91 Å². The largest absolute Gasteiger partial charge is 0.495 e. The molecule has 1 amide bonds. The van der Waals surface area contributed by atoms with Gasteiger partial charge in [0.15, 0.2) is 11.2 Å². The molecule has 3 heterocycles. The van der Waals surface area contributed by atoms with Gasteiger partial charge in [-0.25, -0.2) is 9.78 Å². The van der Waals surface area contributed by atoms with Crippen molar-refractivity contribution in [1.29, 1.82) is 0 Å². The molecule has 2 aromatic heterocycles. The summed E-state index contributed by atoms with van der Waals surface area (Å²) in [6, 6.07) is 7.39. The molecular formula is C24H32N6O4. The zero-order chi connectivity index (χ0) is 24.2. The number of carbonyl (C=O) groups excluding carboxylic acids is 1. The number of aromatic amines is 1. The highest BCUT2D eigenvalue weighted by Gasteiger charge is 2.27. The number of ether oxygens (including phenoxy) is 1. The standard InChI is InChI=1S/C24H32N6O4/c1-4-5-12-30-21-20(23(32)27-24(30)33)28(2)19(26-21)15-29-13-10-16(11-14-29)22(31)25-17-8-6-7-9-18(17)34-3/h6-9,16H,4-5,10-15H2,1-3H3,(H,25,31)(H,27,32,33). The fourth-order valence-corrected chi connectivity index (χ4v) is 4.49. The lowest BCUT2D eigenvalue weighted by atomic mass is 9.95. The number of piperidine rings is 1. The number of aryl methyl sites for hydroxylation is 2. The van der Waals surface area contributed by atoms with Crippen LogP contribution >= 0.6 is 0 Å². The molecule has 0 bridgehead atoms. The number of likely N-dealkylation sites (tertiary alicyclic amines) is 1. The van der Waals surface area contributed by atoms with E-state index in [1.54, 1.807) is 16.2 Å². The van der Waals surface area contributed by atoms with E-state index in [1.807, 2.05) is 31.3 Å². The van der Waals surface area contributed by atoms with Crippen molar-refractivity contribution >= 4 is 22.8 Å². The highest BCUT2D eigenvalue weighted by molar-refractivity contribution is 5.94. The molecule has 1 aliphatic heterocycles. The lowest BCUT2D eigenvalue weighted by Gasteiger charge is -2.31. The van der Waals surface area contributed by atoms with Crippen molar-refractivity contribution in [1.82, 2.24) is 24.0 Å². The first kappa shape index (κ1) is 23.7. The summed E-state index contributed by atoms with van der Waals surface area (Å²) < 4.78 is 8.65. The molecule has 2 N–H and O–H groups in total. The number of hydrogen-bond acceptors (Lipinski definition) is 6. The normalized spacial score (nSPS) is 15.0. The van der Waals surface area contributed by atoms with Crippen LogP contribution in [0.3, 0.4) is 0 Å². The summed E-state index contributed by atoms with van der Waals surface area (Å²) in [4.78, 5) is 46.9. The Morgan fingerprint density at radius 3 is 2.68 bits per heavy atom. The SMILES string of the molecule is CCCCn1c(=O)[nH]c(=O)c2c1nc(CN1CCC(C(=O)Nc3ccccc3OC)CC1)n2C. The first-order valence-electron chi connectivity index (χ1n) is 11.8. The lowest BCUT2D eigenvalue weighted by molar-refractivity contribution is -0.121. The van der Waals surface area contributed by atoms with Gasteiger partial charge in [-0.05, 0) is 44.5 Å². The van der Waals surface area contributed by atoms with Crippen LogP contribution in [0.25, 0.3) is 11.2 Å². The maximum atomic E-state index is 12.8. The smallest absolute Gasteiger partial charge is 0.330 e. The van der Waals surface area contributed by atoms with Gasteiger partial charge >= 0.3 is 5.69 Å². The number of nitrogens with zero attached hydrogens (tertiary/aromatic N) is 4. The van der Waals surface area contributed by atoms with Crippen LogP contribution in [0.4, 0.5) is 5.69 Å². The van der Waals surface area contributed by atoms with Crippen LogP contribution in [0.2, 0.25) is 0 Å². The van der Waals surface area contributed by atoms with Crippen molar-refractivity contribution < 1.29 is 9.53 Å². The number of benzene rings is 1. The summed E-state index contributed by atoms with van der Waals surface area (Å²) in [5.74, 6) is 1.29. The van der Waals surface area contributed by atoms with Gasteiger partial charge in [-0.1, -0.05) is 25.5 Å². The van der Waals surface area contributed by atoms with E-state index in [2.05, 4.69) is 27.1 Å². The van der Waals surface area contributed by atoms with E-state index in [0.717, 1.165) is 44.6 Å². The number of aromatic nitrogens is 4. The predicted molar refractivity (Wildman–Crippen MR) is 130 cm³/mol. The van der Waals surface area contributed by atoms with Gasteiger partial charge in [-0.15, -0.1) is 0 Å². The molecule has 10 nitrogen and oxygen atoms in total. The van der Waals surface area contributed by atoms with Gasteiger partial charge in [-0.3, -0.25) is 24.0 Å². The van der Waals surface area contributed by atoms with E-state index in [1.165, 1.54) is 0 Å². The summed E-state index contributed by atoms with van der Waals surface area (Å²) in [5, 5.41) is 2.99. The molecule has 0 atom stereocenters. The summed E-state index contributed by atoms with van der Waals surface area (Å²) in [6.07, 6.45) is 3.23. The third kappa shape index (κ3) is 4.77. The molecular weight excluding hydrogens is 436 g/mol. The molecule has 1 aliphatic rings. The van der Waals surface area contributed by atoms with Gasteiger partial charge in [0.25, 0.3) is 5.56 Å². The Hall–Kier alpha value is -3.40. The number of anilines is 1. The minimum atomic E-state index is -0.419. The van der Waals surface area contributed by atoms with Crippen LogP contribution in [0.1, 0.15) is 38.4 Å². The second-order valence-corrected chi connectivity index (χ2v) is 8.76. The van der Waals surface area contributed by atoms with Crippen molar-refractivity contribution in [3.8, 4) is 5.75 Å². The Morgan fingerprint density at radius 1 is 1.24 bits per heavy atom. The molecule has 0 radical (unpaired) electrons. The third-order valence-corrected chi connectivity index (χ3v) is 6.53. The summed E-state index contributed by atoms with van der Waals surface area (Å²) in [7, 11) is 3.39. The predicted octanol–water partition coefficient (Wildman–Crippen LogP) is 2.08. The first-order valence-corrected chi connectivity index (χ1v) is 11.8. The molecule has 10 heteroatoms. The average Bonchev–Trinajstić information content (AvgIpc) is 3.15. The number of H-pyrrole nitrogens is 1. The van der Waals surface area contributed by atoms with Crippen LogP contribution in [-0.2, 0) is 24.9 Å². The van der Waals surface area contributed by atoms with Crippen molar-refractivity contribution in [3.63, 3.8) is 0 Å². The molecule has 34 heavy (non-hydrogen) atoms. The number of imidazole rings is 1. The Balaban J connectivity index is 1.44. The maximum absolute atomic E-state index is 12.8. The summed E-state index contributed by atoms with van der Waals surface area (Å²) in [6.45, 7) is 4.61. The number of fused-ring (bicyclic) bond motifs is 1. The minimum Gasteiger partial charge on any atom is -0.495 e. The van der Waals surface area contributed by atoms with Gasteiger partial charge in [0.1, 0.15) is 11.6 Å². The Morgan fingerprint density at radius 2 is 1.97 bits per heavy atom. The van der Waals surface area contributed by atoms with E-state index >= 15 is 0 Å². The first-order chi connectivity index (χ1) is 16.4. The maximum Gasteiger partial charge on any atom is 0.330 e. The Bertz CT molecular complexity index is 1280. The van der Waals surface area contributed by atoms with Crippen LogP contribution in [-0.4, -0.2) is 50.1 Å². The van der Waals surface area contributed by atoms with Crippen LogP contribution < -0.4 is 21.3 Å². The second kappa shape index (κ2) is 10.3. The number of nitrogens with one attached hydrogen (secondary N) is 2. The van der Waals surface area contributed by atoms with Crippen LogP contribution in [0.15, 0.2) is 33.9 Å². The average molecular weight is 469 g/mol. The molecule has 1 fully saturated rings. The van der Waals surface area contributed by atoms with Crippen molar-refractivity contribution in [3.05, 3.63) is 50.9 Å². The Kier molecular flexibility index (Phi) is 7.16. The molecule has 0 unspecified atom stereocenters. The highest BCUT2D eigenvalue weighted by Crippen LogP contribution is 2.26. The number of methoxy groups -OCH3 is 1. The molecule has 0 saturated carbocycles. The number of para-hydroxylation sites is 2. The van der Waals surface area contributed by atoms with E-state index in [-0.39, 0.29) is 11.8 Å². The van der Waals surface area contributed by atoms with Gasteiger partial charge < -0.3 is 14.6 Å². The van der Waals surface area contributed by atoms with Crippen molar-refractivity contribution in [2.45, 2.75) is 45.7 Å². The zero-order valence-electron chi connectivity index (χ0n) is 20.0. The third-order valence-electron chi connectivity index (χ3n) is 6.53. The molecule has 182 valence electrons. The van der Waals surface area contributed by atoms with E-state index in [0.29, 0.717) is 35.7 Å². The fraction of sp³-hybridized carbons (Fsp3) is 0.500. The fourth-order valence-electron chi connectivity index (χ4n) is 4.49. The topological polar surface area (TPSA) is 114 Å². The zero-order valence-corrected chi connectivity index (χ0v) is 20.0. The second-order valence-electron chi connectivity index (χ2n) is 8.76. The number of amides is 1. The quantitative estimate of drug-likeness (QED) is 0.523. The van der Waals surface area contributed by atoms with Gasteiger partial charge in [-0.2, -0.15) is 0 Å².